The average molecular weight is 493 g/mol. The Bertz CT molecular complexity index is 1230. The van der Waals surface area contributed by atoms with Gasteiger partial charge in [0.15, 0.2) is 0 Å². The summed E-state index contributed by atoms with van der Waals surface area (Å²) < 4.78 is 5.35. The van der Waals surface area contributed by atoms with E-state index in [1.165, 1.54) is 4.88 Å². The molecule has 0 amide bonds. The maximum Gasteiger partial charge on any atom is 0.303 e. The Balaban J connectivity index is 1.39. The van der Waals surface area contributed by atoms with E-state index in [9.17, 15) is 15.0 Å². The van der Waals surface area contributed by atoms with Gasteiger partial charge in [0.1, 0.15) is 5.75 Å². The second-order valence-electron chi connectivity index (χ2n) is 9.23. The Kier molecular flexibility index (Phi) is 8.40. The number of pyridine rings is 1. The van der Waals surface area contributed by atoms with Gasteiger partial charge in [-0.1, -0.05) is 11.8 Å². The summed E-state index contributed by atoms with van der Waals surface area (Å²) in [4.78, 5) is 20.5. The van der Waals surface area contributed by atoms with Crippen LogP contribution in [0.15, 0.2) is 42.6 Å². The van der Waals surface area contributed by atoms with Crippen molar-refractivity contribution in [1.82, 2.24) is 9.88 Å². The van der Waals surface area contributed by atoms with Crippen molar-refractivity contribution in [2.24, 2.45) is 11.8 Å². The number of nitrogens with zero attached hydrogens (tertiary/aromatic N) is 2. The largest absolute Gasteiger partial charge is 0.497 e. The second kappa shape index (κ2) is 11.7. The maximum atomic E-state index is 11.6. The zero-order valence-corrected chi connectivity index (χ0v) is 21.1. The van der Waals surface area contributed by atoms with E-state index in [2.05, 4.69) is 34.7 Å². The summed E-state index contributed by atoms with van der Waals surface area (Å²) in [5.41, 5.74) is 1.65. The molecule has 35 heavy (non-hydrogen) atoms. The monoisotopic (exact) mass is 492 g/mol. The number of aryl methyl sites for hydroxylation is 1. The molecule has 1 aliphatic heterocycles. The second-order valence-corrected chi connectivity index (χ2v) is 10.5. The predicted molar refractivity (Wildman–Crippen MR) is 139 cm³/mol. The minimum atomic E-state index is -0.769. The average Bonchev–Trinajstić information content (AvgIpc) is 3.27. The number of carboxylic acid groups (broad SMARTS) is 1. The number of thiophene rings is 1. The highest BCUT2D eigenvalue weighted by molar-refractivity contribution is 7.12. The molecule has 2 N–H and O–H groups in total. The van der Waals surface area contributed by atoms with Crippen LogP contribution >= 0.6 is 11.3 Å². The molecule has 184 valence electrons. The van der Waals surface area contributed by atoms with Gasteiger partial charge in [-0.2, -0.15) is 0 Å². The number of rotatable bonds is 8. The van der Waals surface area contributed by atoms with Crippen molar-refractivity contribution >= 4 is 28.2 Å². The number of piperidine rings is 1. The molecule has 6 nitrogen and oxygen atoms in total. The number of aliphatic hydroxyl groups is 1. The Labute approximate surface area is 210 Å². The highest BCUT2D eigenvalue weighted by Gasteiger charge is 2.31. The Morgan fingerprint density at radius 1 is 1.29 bits per heavy atom. The number of ether oxygens (including phenoxy) is 1. The minimum Gasteiger partial charge on any atom is -0.497 e. The standard InChI is InChI=1S/C28H32N2O4S/c1-19-5-8-23(35-19)4-3-14-30-15-12-20(21(18-30)16-28(32)33)6-10-27(31)24-11-13-29-26-9-7-22(34-2)17-25(24)26/h5,7-9,11,13,17,20-21,27,31H,6,10,12,14-16,18H2,1-2H3,(H,32,33)/t20-,21+,27-/m1/s1. The van der Waals surface area contributed by atoms with Gasteiger partial charge in [-0.25, -0.2) is 0 Å². The first kappa shape index (κ1) is 25.2. The number of aliphatic hydroxyl groups excluding tert-OH is 1. The molecule has 3 aromatic rings. The molecule has 0 radical (unpaired) electrons. The van der Waals surface area contributed by atoms with Crippen LogP contribution in [0, 0.1) is 30.6 Å². The van der Waals surface area contributed by atoms with E-state index in [0.29, 0.717) is 13.0 Å². The summed E-state index contributed by atoms with van der Waals surface area (Å²) in [6, 6.07) is 11.6. The number of aromatic nitrogens is 1. The van der Waals surface area contributed by atoms with E-state index in [-0.39, 0.29) is 18.3 Å². The molecule has 4 rings (SSSR count). The number of carboxylic acids is 1. The van der Waals surface area contributed by atoms with Gasteiger partial charge < -0.3 is 14.9 Å². The number of fused-ring (bicyclic) bond motifs is 1. The van der Waals surface area contributed by atoms with Crippen LogP contribution in [-0.2, 0) is 4.79 Å². The first-order chi connectivity index (χ1) is 16.9. The third-order valence-corrected chi connectivity index (χ3v) is 7.74. The van der Waals surface area contributed by atoms with Gasteiger partial charge in [-0.15, -0.1) is 11.3 Å². The van der Waals surface area contributed by atoms with Crippen LogP contribution in [0.2, 0.25) is 0 Å². The molecule has 0 bridgehead atoms. The van der Waals surface area contributed by atoms with E-state index < -0.39 is 12.1 Å². The van der Waals surface area contributed by atoms with Gasteiger partial charge in [0.05, 0.1) is 30.2 Å². The Morgan fingerprint density at radius 3 is 2.89 bits per heavy atom. The first-order valence-corrected chi connectivity index (χ1v) is 12.8. The molecule has 1 saturated heterocycles. The minimum absolute atomic E-state index is 0.0495. The van der Waals surface area contributed by atoms with Crippen LogP contribution in [0.5, 0.6) is 5.75 Å². The fourth-order valence-electron chi connectivity index (χ4n) is 4.97. The molecule has 0 aliphatic carbocycles. The number of hydrogen-bond acceptors (Lipinski definition) is 6. The van der Waals surface area contributed by atoms with Crippen LogP contribution in [0.25, 0.3) is 10.9 Å². The lowest BCUT2D eigenvalue weighted by Crippen LogP contribution is -2.41. The molecular weight excluding hydrogens is 460 g/mol. The van der Waals surface area contributed by atoms with Crippen molar-refractivity contribution < 1.29 is 19.7 Å². The van der Waals surface area contributed by atoms with Crippen molar-refractivity contribution in [3.63, 3.8) is 0 Å². The van der Waals surface area contributed by atoms with Crippen LogP contribution in [0.1, 0.15) is 47.1 Å². The molecule has 1 aliphatic rings. The van der Waals surface area contributed by atoms with Gasteiger partial charge in [0, 0.05) is 29.4 Å². The fourth-order valence-corrected chi connectivity index (χ4v) is 5.71. The molecule has 0 spiro atoms. The lowest BCUT2D eigenvalue weighted by Gasteiger charge is -2.37. The normalized spacial score (nSPS) is 19.2. The number of aliphatic carboxylic acids is 1. The molecule has 1 aromatic carbocycles. The zero-order chi connectivity index (χ0) is 24.8. The molecule has 0 saturated carbocycles. The maximum absolute atomic E-state index is 11.6. The number of hydrogen-bond donors (Lipinski definition) is 2. The van der Waals surface area contributed by atoms with Crippen molar-refractivity contribution in [3.05, 3.63) is 57.9 Å². The smallest absolute Gasteiger partial charge is 0.303 e. The highest BCUT2D eigenvalue weighted by atomic mass is 32.1. The van der Waals surface area contributed by atoms with E-state index >= 15 is 0 Å². The number of benzene rings is 1. The highest BCUT2D eigenvalue weighted by Crippen LogP contribution is 2.34. The van der Waals surface area contributed by atoms with Crippen LogP contribution in [0.4, 0.5) is 0 Å². The third kappa shape index (κ3) is 6.61. The summed E-state index contributed by atoms with van der Waals surface area (Å²) >= 11 is 1.69. The molecule has 0 unspecified atom stereocenters. The molecule has 3 atom stereocenters. The Hall–Kier alpha value is -2.92. The van der Waals surface area contributed by atoms with Crippen molar-refractivity contribution in [1.29, 1.82) is 0 Å². The summed E-state index contributed by atoms with van der Waals surface area (Å²) in [7, 11) is 1.62. The van der Waals surface area contributed by atoms with E-state index in [4.69, 9.17) is 4.74 Å². The molecule has 7 heteroatoms. The van der Waals surface area contributed by atoms with Crippen molar-refractivity contribution in [2.75, 3.05) is 26.7 Å². The SMILES string of the molecule is COc1ccc2nccc([C@H](O)CC[C@@H]3CCN(CC#Cc4ccc(C)s4)C[C@@H]3CC(=O)O)c2c1. The van der Waals surface area contributed by atoms with Gasteiger partial charge in [-0.05, 0) is 86.5 Å². The summed E-state index contributed by atoms with van der Waals surface area (Å²) in [5.74, 6) is 6.74. The number of likely N-dealkylation sites (tertiary alicyclic amines) is 1. The van der Waals surface area contributed by atoms with E-state index in [1.54, 1.807) is 24.6 Å². The number of methoxy groups -OCH3 is 1. The summed E-state index contributed by atoms with van der Waals surface area (Å²) in [5, 5.41) is 21.4. The molecular formula is C28H32N2O4S. The third-order valence-electron chi connectivity index (χ3n) is 6.82. The van der Waals surface area contributed by atoms with Crippen molar-refractivity contribution in [2.45, 2.75) is 38.7 Å². The molecule has 2 aromatic heterocycles. The quantitative estimate of drug-likeness (QED) is 0.436. The zero-order valence-electron chi connectivity index (χ0n) is 20.2. The lowest BCUT2D eigenvalue weighted by atomic mass is 9.79. The summed E-state index contributed by atoms with van der Waals surface area (Å²) in [6.07, 6.45) is 3.49. The van der Waals surface area contributed by atoms with Crippen LogP contribution < -0.4 is 4.74 Å². The number of carbonyl (C=O) groups is 1. The Morgan fingerprint density at radius 2 is 2.14 bits per heavy atom. The predicted octanol–water partition coefficient (Wildman–Crippen LogP) is 4.89. The topological polar surface area (TPSA) is 82.9 Å². The first-order valence-electron chi connectivity index (χ1n) is 12.0. The van der Waals surface area contributed by atoms with E-state index in [1.807, 2.05) is 30.3 Å². The van der Waals surface area contributed by atoms with Gasteiger partial charge in [-0.3, -0.25) is 14.7 Å². The van der Waals surface area contributed by atoms with Crippen LogP contribution in [-0.4, -0.2) is 52.8 Å². The summed E-state index contributed by atoms with van der Waals surface area (Å²) in [6.45, 7) is 4.33. The van der Waals surface area contributed by atoms with Gasteiger partial charge in [0.25, 0.3) is 0 Å². The van der Waals surface area contributed by atoms with Gasteiger partial charge >= 0.3 is 5.97 Å². The molecule has 3 heterocycles. The van der Waals surface area contributed by atoms with Crippen molar-refractivity contribution in [3.8, 4) is 17.6 Å². The molecule has 1 fully saturated rings. The van der Waals surface area contributed by atoms with E-state index in [0.717, 1.165) is 53.0 Å². The fraction of sp³-hybridized carbons (Fsp3) is 0.429. The lowest BCUT2D eigenvalue weighted by molar-refractivity contribution is -0.139. The van der Waals surface area contributed by atoms with Gasteiger partial charge in [0.2, 0.25) is 0 Å². The van der Waals surface area contributed by atoms with Crippen LogP contribution in [0.3, 0.4) is 0 Å².